The third-order valence-corrected chi connectivity index (χ3v) is 6.63. The van der Waals surface area contributed by atoms with Crippen LogP contribution in [0.2, 0.25) is 0 Å². The van der Waals surface area contributed by atoms with E-state index < -0.39 is 46.9 Å². The van der Waals surface area contributed by atoms with Gasteiger partial charge in [0.15, 0.2) is 17.3 Å². The average molecular weight is 609 g/mol. The summed E-state index contributed by atoms with van der Waals surface area (Å²) in [5, 5.41) is 0. The predicted molar refractivity (Wildman–Crippen MR) is 165 cm³/mol. The van der Waals surface area contributed by atoms with E-state index in [9.17, 15) is 24.0 Å². The first kappa shape index (κ1) is 32.3. The molecule has 0 saturated carbocycles. The monoisotopic (exact) mass is 608 g/mol. The Kier molecular flexibility index (Phi) is 11.3. The van der Waals surface area contributed by atoms with Gasteiger partial charge in [-0.25, -0.2) is 19.2 Å². The normalized spacial score (nSPS) is 10.4. The van der Waals surface area contributed by atoms with Crippen molar-refractivity contribution >= 4 is 29.7 Å². The second kappa shape index (κ2) is 15.8. The highest BCUT2D eigenvalue weighted by Crippen LogP contribution is 2.44. The van der Waals surface area contributed by atoms with Gasteiger partial charge >= 0.3 is 23.9 Å². The first-order valence-corrected chi connectivity index (χ1v) is 14.5. The van der Waals surface area contributed by atoms with Gasteiger partial charge in [-0.1, -0.05) is 80.8 Å². The fourth-order valence-corrected chi connectivity index (χ4v) is 4.35. The lowest BCUT2D eigenvalue weighted by Gasteiger charge is -2.19. The Labute approximate surface area is 260 Å². The van der Waals surface area contributed by atoms with Crippen molar-refractivity contribution in [3.63, 3.8) is 0 Å². The minimum absolute atomic E-state index is 0.0686. The summed E-state index contributed by atoms with van der Waals surface area (Å²) in [6.07, 6.45) is 3.36. The number of hydrogen-bond donors (Lipinski definition) is 0. The standard InChI is InChI=1S/C36H32O9/c1-3-4-5-15-22-42-36(41)28-23-29(43-33(38)25-16-9-6-10-17-25)31(44-34(39)26-18-11-7-12-19-26)32(30(28)24(2)37)45-35(40)27-20-13-8-14-21-27/h6-14,16-21,23H,3-5,15,22H2,1-2H3. The molecule has 0 saturated heterocycles. The molecule has 9 heteroatoms. The van der Waals surface area contributed by atoms with E-state index in [1.807, 2.05) is 6.92 Å². The van der Waals surface area contributed by atoms with Crippen molar-refractivity contribution in [2.75, 3.05) is 6.61 Å². The van der Waals surface area contributed by atoms with E-state index >= 15 is 0 Å². The highest BCUT2D eigenvalue weighted by Gasteiger charge is 2.33. The molecule has 9 nitrogen and oxygen atoms in total. The summed E-state index contributed by atoms with van der Waals surface area (Å²) in [6, 6.07) is 24.8. The number of rotatable bonds is 13. The summed E-state index contributed by atoms with van der Waals surface area (Å²) in [4.78, 5) is 66.3. The molecule has 4 aromatic carbocycles. The number of carbonyl (C=O) groups excluding carboxylic acids is 5. The lowest BCUT2D eigenvalue weighted by molar-refractivity contribution is 0.0490. The molecule has 0 radical (unpaired) electrons. The van der Waals surface area contributed by atoms with Crippen LogP contribution in [0.15, 0.2) is 97.1 Å². The summed E-state index contributed by atoms with van der Waals surface area (Å²) in [5.74, 6) is -5.83. The topological polar surface area (TPSA) is 122 Å². The smallest absolute Gasteiger partial charge is 0.343 e. The Bertz CT molecular complexity index is 1660. The Morgan fingerprint density at radius 1 is 0.556 bits per heavy atom. The highest BCUT2D eigenvalue weighted by atomic mass is 16.6. The molecule has 45 heavy (non-hydrogen) atoms. The van der Waals surface area contributed by atoms with Crippen LogP contribution in [0.4, 0.5) is 0 Å². The van der Waals surface area contributed by atoms with Crippen LogP contribution < -0.4 is 14.2 Å². The van der Waals surface area contributed by atoms with Gasteiger partial charge in [0, 0.05) is 6.07 Å². The summed E-state index contributed by atoms with van der Waals surface area (Å²) >= 11 is 0. The van der Waals surface area contributed by atoms with Crippen molar-refractivity contribution in [1.82, 2.24) is 0 Å². The first-order chi connectivity index (χ1) is 21.8. The molecule has 0 unspecified atom stereocenters. The average Bonchev–Trinajstić information content (AvgIpc) is 3.06. The fourth-order valence-electron chi connectivity index (χ4n) is 4.35. The maximum Gasteiger partial charge on any atom is 0.343 e. The van der Waals surface area contributed by atoms with Gasteiger partial charge in [0.1, 0.15) is 0 Å². The summed E-state index contributed by atoms with van der Waals surface area (Å²) in [5.41, 5.74) is -0.328. The third kappa shape index (κ3) is 8.51. The Morgan fingerprint density at radius 2 is 1.02 bits per heavy atom. The maximum absolute atomic E-state index is 13.4. The van der Waals surface area contributed by atoms with Gasteiger partial charge in [0.25, 0.3) is 0 Å². The zero-order valence-corrected chi connectivity index (χ0v) is 24.9. The van der Waals surface area contributed by atoms with Crippen molar-refractivity contribution in [3.8, 4) is 17.2 Å². The number of esters is 4. The molecule has 0 aliphatic rings. The van der Waals surface area contributed by atoms with E-state index in [0.717, 1.165) is 32.3 Å². The van der Waals surface area contributed by atoms with E-state index in [2.05, 4.69) is 0 Å². The van der Waals surface area contributed by atoms with E-state index in [1.54, 1.807) is 54.6 Å². The first-order valence-electron chi connectivity index (χ1n) is 14.5. The van der Waals surface area contributed by atoms with Crippen molar-refractivity contribution in [2.24, 2.45) is 0 Å². The fraction of sp³-hybridized carbons (Fsp3) is 0.194. The van der Waals surface area contributed by atoms with Gasteiger partial charge in [-0.2, -0.15) is 0 Å². The van der Waals surface area contributed by atoms with Gasteiger partial charge in [0.05, 0.1) is 34.4 Å². The lowest BCUT2D eigenvalue weighted by atomic mass is 10.0. The SMILES string of the molecule is CCCCCCOC(=O)c1cc(OC(=O)c2ccccc2)c(OC(=O)c2ccccc2)c(OC(=O)c2ccccc2)c1C(C)=O. The minimum atomic E-state index is -0.916. The number of benzene rings is 4. The second-order valence-corrected chi connectivity index (χ2v) is 9.97. The molecule has 0 spiro atoms. The number of unbranched alkanes of at least 4 members (excludes halogenated alkanes) is 3. The summed E-state index contributed by atoms with van der Waals surface area (Å²) < 4.78 is 22.5. The number of hydrogen-bond acceptors (Lipinski definition) is 9. The van der Waals surface area contributed by atoms with Crippen LogP contribution >= 0.6 is 0 Å². The molecule has 0 fully saturated rings. The number of ether oxygens (including phenoxy) is 4. The van der Waals surface area contributed by atoms with Gasteiger partial charge in [-0.05, 0) is 49.7 Å². The highest BCUT2D eigenvalue weighted by molar-refractivity contribution is 6.10. The molecule has 0 bridgehead atoms. The van der Waals surface area contributed by atoms with E-state index in [1.165, 1.54) is 36.4 Å². The molecular weight excluding hydrogens is 576 g/mol. The molecule has 4 rings (SSSR count). The molecule has 0 aliphatic carbocycles. The van der Waals surface area contributed by atoms with Crippen LogP contribution in [0.1, 0.15) is 91.3 Å². The van der Waals surface area contributed by atoms with Crippen molar-refractivity contribution < 1.29 is 42.9 Å². The van der Waals surface area contributed by atoms with Crippen LogP contribution in [0.25, 0.3) is 0 Å². The minimum Gasteiger partial charge on any atom is -0.462 e. The molecule has 0 aromatic heterocycles. The predicted octanol–water partition coefficient (Wildman–Crippen LogP) is 7.28. The third-order valence-electron chi connectivity index (χ3n) is 6.63. The van der Waals surface area contributed by atoms with E-state index in [-0.39, 0.29) is 34.4 Å². The zero-order chi connectivity index (χ0) is 32.2. The Hall–Kier alpha value is -5.57. The molecule has 0 N–H and O–H groups in total. The maximum atomic E-state index is 13.4. The van der Waals surface area contributed by atoms with E-state index in [0.29, 0.717) is 6.42 Å². The molecule has 0 amide bonds. The Balaban J connectivity index is 1.88. The van der Waals surface area contributed by atoms with Gasteiger partial charge in [-0.15, -0.1) is 0 Å². The second-order valence-electron chi connectivity index (χ2n) is 9.97. The molecule has 4 aromatic rings. The summed E-state index contributed by atoms with van der Waals surface area (Å²) in [7, 11) is 0. The largest absolute Gasteiger partial charge is 0.462 e. The van der Waals surface area contributed by atoms with Gasteiger partial charge in [0.2, 0.25) is 5.75 Å². The number of carbonyl (C=O) groups is 5. The molecule has 0 atom stereocenters. The van der Waals surface area contributed by atoms with Gasteiger partial charge in [-0.3, -0.25) is 4.79 Å². The van der Waals surface area contributed by atoms with E-state index in [4.69, 9.17) is 18.9 Å². The van der Waals surface area contributed by atoms with Crippen LogP contribution in [-0.4, -0.2) is 36.3 Å². The van der Waals surface area contributed by atoms with Crippen LogP contribution in [0.5, 0.6) is 17.2 Å². The zero-order valence-electron chi connectivity index (χ0n) is 24.9. The van der Waals surface area contributed by atoms with Gasteiger partial charge < -0.3 is 18.9 Å². The molecule has 0 heterocycles. The quantitative estimate of drug-likeness (QED) is 0.0667. The molecule has 230 valence electrons. The Morgan fingerprint density at radius 3 is 1.49 bits per heavy atom. The van der Waals surface area contributed by atoms with Crippen molar-refractivity contribution in [3.05, 3.63) is 125 Å². The van der Waals surface area contributed by atoms with Crippen molar-refractivity contribution in [2.45, 2.75) is 39.5 Å². The lowest BCUT2D eigenvalue weighted by Crippen LogP contribution is -2.20. The summed E-state index contributed by atoms with van der Waals surface area (Å²) in [6.45, 7) is 3.28. The van der Waals surface area contributed by atoms with Crippen LogP contribution in [-0.2, 0) is 4.74 Å². The number of Topliss-reactive ketones (excluding diaryl/α,β-unsaturated/α-hetero) is 1. The molecular formula is C36H32O9. The van der Waals surface area contributed by atoms with Crippen LogP contribution in [0.3, 0.4) is 0 Å². The van der Waals surface area contributed by atoms with Crippen molar-refractivity contribution in [1.29, 1.82) is 0 Å². The number of ketones is 1. The van der Waals surface area contributed by atoms with Crippen LogP contribution in [0, 0.1) is 0 Å². The molecule has 0 aliphatic heterocycles.